The van der Waals surface area contributed by atoms with Crippen LogP contribution >= 0.6 is 24.0 Å². The summed E-state index contributed by atoms with van der Waals surface area (Å²) >= 11 is 0. The number of rotatable bonds is 9. The summed E-state index contributed by atoms with van der Waals surface area (Å²) in [6.07, 6.45) is 1.14. The molecule has 6 heteroatoms. The Bertz CT molecular complexity index is 609. The second-order valence-corrected chi connectivity index (χ2v) is 9.00. The molecule has 1 saturated heterocycles. The lowest BCUT2D eigenvalue weighted by atomic mass is 10.00. The van der Waals surface area contributed by atoms with Gasteiger partial charge in [0.1, 0.15) is 0 Å². The number of piperazine rings is 1. The van der Waals surface area contributed by atoms with Crippen LogP contribution in [0.15, 0.2) is 29.3 Å². The van der Waals surface area contributed by atoms with E-state index in [1.165, 1.54) is 43.9 Å². The van der Waals surface area contributed by atoms with Crippen molar-refractivity contribution in [3.05, 3.63) is 35.4 Å². The Labute approximate surface area is 202 Å². The fourth-order valence-electron chi connectivity index (χ4n) is 3.96. The van der Waals surface area contributed by atoms with E-state index in [0.717, 1.165) is 25.5 Å². The highest BCUT2D eigenvalue weighted by atomic mass is 127. The van der Waals surface area contributed by atoms with E-state index in [1.54, 1.807) is 0 Å². The Hall–Kier alpha value is -0.860. The number of likely N-dealkylation sites (N-methyl/N-ethyl adjacent to an activating group) is 1. The van der Waals surface area contributed by atoms with Crippen LogP contribution in [0.3, 0.4) is 0 Å². The van der Waals surface area contributed by atoms with Gasteiger partial charge in [-0.1, -0.05) is 52.0 Å². The van der Waals surface area contributed by atoms with Gasteiger partial charge in [-0.3, -0.25) is 4.99 Å². The van der Waals surface area contributed by atoms with Gasteiger partial charge in [-0.25, -0.2) is 0 Å². The molecule has 1 fully saturated rings. The van der Waals surface area contributed by atoms with E-state index in [2.05, 4.69) is 84.3 Å². The molecule has 0 saturated carbocycles. The van der Waals surface area contributed by atoms with Gasteiger partial charge in [-0.2, -0.15) is 0 Å². The van der Waals surface area contributed by atoms with Crippen LogP contribution in [-0.2, 0) is 6.42 Å². The molecule has 2 atom stereocenters. The van der Waals surface area contributed by atoms with Gasteiger partial charge in [0.2, 0.25) is 0 Å². The number of guanidine groups is 1. The summed E-state index contributed by atoms with van der Waals surface area (Å²) in [5.74, 6) is 2.16. The summed E-state index contributed by atoms with van der Waals surface area (Å²) in [7, 11) is 1.85. The van der Waals surface area contributed by atoms with Crippen LogP contribution in [-0.4, -0.2) is 68.6 Å². The third-order valence-electron chi connectivity index (χ3n) is 5.80. The van der Waals surface area contributed by atoms with Crippen molar-refractivity contribution in [2.75, 3.05) is 52.9 Å². The fourth-order valence-corrected chi connectivity index (χ4v) is 3.96. The smallest absolute Gasteiger partial charge is 0.191 e. The topological polar surface area (TPSA) is 42.9 Å². The highest BCUT2D eigenvalue weighted by molar-refractivity contribution is 14.0. The van der Waals surface area contributed by atoms with Gasteiger partial charge in [-0.15, -0.1) is 24.0 Å². The summed E-state index contributed by atoms with van der Waals surface area (Å²) < 4.78 is 0. The monoisotopic (exact) mass is 529 g/mol. The molecule has 1 aromatic carbocycles. The molecule has 0 radical (unpaired) electrons. The molecular weight excluding hydrogens is 485 g/mol. The van der Waals surface area contributed by atoms with E-state index >= 15 is 0 Å². The van der Waals surface area contributed by atoms with Crippen LogP contribution in [0.4, 0.5) is 0 Å². The van der Waals surface area contributed by atoms with Crippen molar-refractivity contribution in [1.29, 1.82) is 0 Å². The summed E-state index contributed by atoms with van der Waals surface area (Å²) in [4.78, 5) is 9.55. The Morgan fingerprint density at radius 2 is 1.60 bits per heavy atom. The van der Waals surface area contributed by atoms with Crippen LogP contribution < -0.4 is 10.6 Å². The van der Waals surface area contributed by atoms with Gasteiger partial charge in [0.25, 0.3) is 0 Å². The van der Waals surface area contributed by atoms with E-state index in [0.29, 0.717) is 11.8 Å². The van der Waals surface area contributed by atoms with E-state index < -0.39 is 0 Å². The summed E-state index contributed by atoms with van der Waals surface area (Å²) in [5, 5.41) is 7.05. The molecule has 2 rings (SSSR count). The number of hydrogen-bond donors (Lipinski definition) is 2. The lowest BCUT2D eigenvalue weighted by Crippen LogP contribution is -2.48. The summed E-state index contributed by atoms with van der Waals surface area (Å²) in [6, 6.07) is 9.21. The molecule has 1 aliphatic rings. The normalized spacial score (nSPS) is 18.0. The molecule has 1 aromatic rings. The largest absolute Gasteiger partial charge is 0.356 e. The molecule has 1 heterocycles. The van der Waals surface area contributed by atoms with Crippen LogP contribution in [0.1, 0.15) is 51.8 Å². The van der Waals surface area contributed by atoms with Crippen molar-refractivity contribution in [1.82, 2.24) is 20.4 Å². The maximum atomic E-state index is 4.42. The number of benzene rings is 1. The average molecular weight is 530 g/mol. The number of hydrogen-bond acceptors (Lipinski definition) is 3. The van der Waals surface area contributed by atoms with Crippen LogP contribution in [0.25, 0.3) is 0 Å². The predicted molar refractivity (Wildman–Crippen MR) is 141 cm³/mol. The summed E-state index contributed by atoms with van der Waals surface area (Å²) in [5.41, 5.74) is 2.70. The minimum absolute atomic E-state index is 0. The van der Waals surface area contributed by atoms with E-state index in [-0.39, 0.29) is 30.0 Å². The lowest BCUT2D eigenvalue weighted by molar-refractivity contribution is 0.124. The molecule has 0 amide bonds. The SMILES string of the molecule is CCN1CCN(CC(C)CNC(=NC)NC(C)c2ccc(CC(C)C)cc2)CC1.I. The highest BCUT2D eigenvalue weighted by Gasteiger charge is 2.17. The maximum Gasteiger partial charge on any atom is 0.191 e. The van der Waals surface area contributed by atoms with Crippen LogP contribution in [0.2, 0.25) is 0 Å². The van der Waals surface area contributed by atoms with Gasteiger partial charge in [-0.05, 0) is 42.9 Å². The van der Waals surface area contributed by atoms with E-state index in [4.69, 9.17) is 0 Å². The van der Waals surface area contributed by atoms with Gasteiger partial charge in [0, 0.05) is 46.3 Å². The predicted octanol–water partition coefficient (Wildman–Crippen LogP) is 4.00. The van der Waals surface area contributed by atoms with Crippen molar-refractivity contribution >= 4 is 29.9 Å². The molecule has 1 aliphatic heterocycles. The van der Waals surface area contributed by atoms with Crippen molar-refractivity contribution < 1.29 is 0 Å². The van der Waals surface area contributed by atoms with Crippen LogP contribution in [0.5, 0.6) is 0 Å². The van der Waals surface area contributed by atoms with Crippen molar-refractivity contribution in [2.24, 2.45) is 16.8 Å². The molecule has 2 N–H and O–H groups in total. The first kappa shape index (κ1) is 27.2. The second-order valence-electron chi connectivity index (χ2n) is 9.00. The van der Waals surface area contributed by atoms with E-state index in [9.17, 15) is 0 Å². The first-order valence-electron chi connectivity index (χ1n) is 11.4. The minimum atomic E-state index is 0. The zero-order valence-corrected chi connectivity index (χ0v) is 22.3. The number of nitrogens with zero attached hydrogens (tertiary/aromatic N) is 3. The zero-order valence-electron chi connectivity index (χ0n) is 19.9. The Morgan fingerprint density at radius 1 is 1.00 bits per heavy atom. The third kappa shape index (κ3) is 9.52. The zero-order chi connectivity index (χ0) is 21.2. The molecule has 0 aliphatic carbocycles. The Morgan fingerprint density at radius 3 is 2.13 bits per heavy atom. The molecule has 30 heavy (non-hydrogen) atoms. The van der Waals surface area contributed by atoms with Gasteiger partial charge in [0.05, 0.1) is 6.04 Å². The first-order valence-corrected chi connectivity index (χ1v) is 11.4. The summed E-state index contributed by atoms with van der Waals surface area (Å²) in [6.45, 7) is 19.3. The van der Waals surface area contributed by atoms with Gasteiger partial charge >= 0.3 is 0 Å². The third-order valence-corrected chi connectivity index (χ3v) is 5.80. The molecule has 0 aromatic heterocycles. The fraction of sp³-hybridized carbons (Fsp3) is 0.708. The van der Waals surface area contributed by atoms with Crippen LogP contribution in [0, 0.1) is 11.8 Å². The maximum absolute atomic E-state index is 4.42. The quantitative estimate of drug-likeness (QED) is 0.288. The van der Waals surface area contributed by atoms with Gasteiger partial charge < -0.3 is 20.4 Å². The molecule has 172 valence electrons. The minimum Gasteiger partial charge on any atom is -0.356 e. The molecule has 0 spiro atoms. The van der Waals surface area contributed by atoms with E-state index in [1.807, 2.05) is 7.05 Å². The Balaban J connectivity index is 0.00000450. The number of aliphatic imine (C=N–C) groups is 1. The van der Waals surface area contributed by atoms with Gasteiger partial charge in [0.15, 0.2) is 5.96 Å². The Kier molecular flexibility index (Phi) is 12.9. The van der Waals surface area contributed by atoms with Crippen molar-refractivity contribution in [3.63, 3.8) is 0 Å². The molecule has 5 nitrogen and oxygen atoms in total. The molecule has 0 bridgehead atoms. The number of halogens is 1. The standard InChI is InChI=1S/C24H43N5.HI/c1-7-28-12-14-29(15-13-28)18-20(4)17-26-24(25-6)27-21(5)23-10-8-22(9-11-23)16-19(2)3;/h8-11,19-21H,7,12-18H2,1-6H3,(H2,25,26,27);1H. The molecular formula is C24H44IN5. The lowest BCUT2D eigenvalue weighted by Gasteiger charge is -2.35. The van der Waals surface area contributed by atoms with Crippen molar-refractivity contribution in [2.45, 2.75) is 47.1 Å². The second kappa shape index (κ2) is 14.2. The highest BCUT2D eigenvalue weighted by Crippen LogP contribution is 2.15. The molecule has 2 unspecified atom stereocenters. The number of nitrogens with one attached hydrogen (secondary N) is 2. The average Bonchev–Trinajstić information content (AvgIpc) is 2.71. The van der Waals surface area contributed by atoms with Crippen molar-refractivity contribution in [3.8, 4) is 0 Å². The first-order chi connectivity index (χ1) is 13.9.